The standard InChI is InChI=1S/C14H14ClFN2O2/c1-2-7-17-12(19)14(5-6-14)13(20)18-9-3-4-11(16)10(15)8-9/h2-4,8H,1,5-7H2,(H,17,19)(H,18,20). The van der Waals surface area contributed by atoms with Crippen molar-refractivity contribution in [3.63, 3.8) is 0 Å². The maximum Gasteiger partial charge on any atom is 0.240 e. The van der Waals surface area contributed by atoms with Gasteiger partial charge in [-0.3, -0.25) is 9.59 Å². The van der Waals surface area contributed by atoms with Crippen molar-refractivity contribution in [1.82, 2.24) is 5.32 Å². The summed E-state index contributed by atoms with van der Waals surface area (Å²) in [5.41, 5.74) is -0.659. The number of hydrogen-bond donors (Lipinski definition) is 2. The van der Waals surface area contributed by atoms with E-state index in [1.165, 1.54) is 12.1 Å². The lowest BCUT2D eigenvalue weighted by atomic mass is 10.1. The summed E-state index contributed by atoms with van der Waals surface area (Å²) in [6.07, 6.45) is 2.54. The van der Waals surface area contributed by atoms with Crippen LogP contribution < -0.4 is 10.6 Å². The molecule has 0 spiro atoms. The second kappa shape index (κ2) is 5.63. The third-order valence-corrected chi connectivity index (χ3v) is 3.49. The molecule has 0 bridgehead atoms. The highest BCUT2D eigenvalue weighted by Crippen LogP contribution is 2.46. The van der Waals surface area contributed by atoms with Crippen LogP contribution >= 0.6 is 11.6 Å². The fraction of sp³-hybridized carbons (Fsp3) is 0.286. The van der Waals surface area contributed by atoms with Crippen LogP contribution in [0.1, 0.15) is 12.8 Å². The molecule has 1 saturated carbocycles. The van der Waals surface area contributed by atoms with Gasteiger partial charge in [0.1, 0.15) is 11.2 Å². The van der Waals surface area contributed by atoms with Gasteiger partial charge in [0.15, 0.2) is 0 Å². The van der Waals surface area contributed by atoms with Crippen molar-refractivity contribution in [2.75, 3.05) is 11.9 Å². The lowest BCUT2D eigenvalue weighted by Crippen LogP contribution is -2.40. The zero-order valence-electron chi connectivity index (χ0n) is 10.7. The monoisotopic (exact) mass is 296 g/mol. The van der Waals surface area contributed by atoms with Gasteiger partial charge >= 0.3 is 0 Å². The van der Waals surface area contributed by atoms with Gasteiger partial charge in [-0.2, -0.15) is 0 Å². The van der Waals surface area contributed by atoms with Crippen molar-refractivity contribution in [3.05, 3.63) is 41.7 Å². The summed E-state index contributed by atoms with van der Waals surface area (Å²) in [6, 6.07) is 3.87. The number of nitrogens with one attached hydrogen (secondary N) is 2. The molecule has 0 aromatic heterocycles. The Kier molecular flexibility index (Phi) is 4.09. The summed E-state index contributed by atoms with van der Waals surface area (Å²) in [4.78, 5) is 24.1. The van der Waals surface area contributed by atoms with Gasteiger partial charge in [-0.1, -0.05) is 17.7 Å². The highest BCUT2D eigenvalue weighted by molar-refractivity contribution is 6.31. The number of hydrogen-bond acceptors (Lipinski definition) is 2. The predicted molar refractivity (Wildman–Crippen MR) is 74.9 cm³/mol. The molecule has 0 heterocycles. The van der Waals surface area contributed by atoms with Gasteiger partial charge in [0.2, 0.25) is 11.8 Å². The Hall–Kier alpha value is -1.88. The van der Waals surface area contributed by atoms with Gasteiger partial charge in [-0.05, 0) is 31.0 Å². The van der Waals surface area contributed by atoms with E-state index in [1.54, 1.807) is 6.08 Å². The van der Waals surface area contributed by atoms with Crippen LogP contribution in [-0.4, -0.2) is 18.4 Å². The molecule has 0 unspecified atom stereocenters. The number of halogens is 2. The normalized spacial score (nSPS) is 15.3. The number of benzene rings is 1. The van der Waals surface area contributed by atoms with E-state index in [9.17, 15) is 14.0 Å². The van der Waals surface area contributed by atoms with E-state index >= 15 is 0 Å². The minimum atomic E-state index is -1.02. The Morgan fingerprint density at radius 2 is 2.10 bits per heavy atom. The number of anilines is 1. The minimum Gasteiger partial charge on any atom is -0.352 e. The topological polar surface area (TPSA) is 58.2 Å². The fourth-order valence-corrected chi connectivity index (χ4v) is 2.02. The van der Waals surface area contributed by atoms with E-state index in [0.717, 1.165) is 6.07 Å². The smallest absolute Gasteiger partial charge is 0.240 e. The third kappa shape index (κ3) is 2.82. The first kappa shape index (κ1) is 14.5. The van der Waals surface area contributed by atoms with Crippen LogP contribution in [0.2, 0.25) is 5.02 Å². The van der Waals surface area contributed by atoms with Crippen molar-refractivity contribution in [2.24, 2.45) is 5.41 Å². The maximum atomic E-state index is 13.0. The average molecular weight is 297 g/mol. The summed E-state index contributed by atoms with van der Waals surface area (Å²) >= 11 is 5.64. The van der Waals surface area contributed by atoms with Crippen molar-refractivity contribution in [1.29, 1.82) is 0 Å². The van der Waals surface area contributed by atoms with Gasteiger partial charge < -0.3 is 10.6 Å². The molecule has 2 amide bonds. The second-order valence-corrected chi connectivity index (χ2v) is 5.07. The molecule has 4 nitrogen and oxygen atoms in total. The quantitative estimate of drug-likeness (QED) is 0.648. The molecule has 20 heavy (non-hydrogen) atoms. The van der Waals surface area contributed by atoms with Crippen LogP contribution in [0.3, 0.4) is 0 Å². The summed E-state index contributed by atoms with van der Waals surface area (Å²) in [7, 11) is 0. The Morgan fingerprint density at radius 3 is 2.65 bits per heavy atom. The zero-order chi connectivity index (χ0) is 14.8. The number of rotatable bonds is 5. The van der Waals surface area contributed by atoms with E-state index in [2.05, 4.69) is 17.2 Å². The third-order valence-electron chi connectivity index (χ3n) is 3.20. The van der Waals surface area contributed by atoms with Gasteiger partial charge in [-0.15, -0.1) is 6.58 Å². The Morgan fingerprint density at radius 1 is 1.40 bits per heavy atom. The molecule has 6 heteroatoms. The van der Waals surface area contributed by atoms with Crippen molar-refractivity contribution >= 4 is 29.1 Å². The molecule has 2 N–H and O–H groups in total. The van der Waals surface area contributed by atoms with Crippen LogP contribution in [0.15, 0.2) is 30.9 Å². The predicted octanol–water partition coefficient (Wildman–Crippen LogP) is 2.50. The van der Waals surface area contributed by atoms with Crippen LogP contribution in [0.4, 0.5) is 10.1 Å². The van der Waals surface area contributed by atoms with Crippen molar-refractivity contribution in [3.8, 4) is 0 Å². The number of carbonyl (C=O) groups is 2. The van der Waals surface area contributed by atoms with Crippen LogP contribution in [0.25, 0.3) is 0 Å². The van der Waals surface area contributed by atoms with E-state index in [0.29, 0.717) is 25.1 Å². The molecule has 0 saturated heterocycles. The SMILES string of the molecule is C=CCNC(=O)C1(C(=O)Nc2ccc(F)c(Cl)c2)CC1. The Bertz CT molecular complexity index is 570. The first-order valence-corrected chi connectivity index (χ1v) is 6.53. The molecule has 1 aromatic carbocycles. The van der Waals surface area contributed by atoms with Gasteiger partial charge in [0, 0.05) is 12.2 Å². The van der Waals surface area contributed by atoms with Crippen molar-refractivity contribution in [2.45, 2.75) is 12.8 Å². The Labute approximate surface area is 121 Å². The van der Waals surface area contributed by atoms with Gasteiger partial charge in [-0.25, -0.2) is 4.39 Å². The molecule has 1 fully saturated rings. The maximum absolute atomic E-state index is 13.0. The lowest BCUT2D eigenvalue weighted by Gasteiger charge is -2.15. The zero-order valence-corrected chi connectivity index (χ0v) is 11.5. The molecule has 2 rings (SSSR count). The highest BCUT2D eigenvalue weighted by Gasteiger charge is 2.56. The van der Waals surface area contributed by atoms with E-state index < -0.39 is 17.1 Å². The van der Waals surface area contributed by atoms with Crippen LogP contribution in [0.5, 0.6) is 0 Å². The summed E-state index contributed by atoms with van der Waals surface area (Å²) in [6.45, 7) is 3.82. The first-order valence-electron chi connectivity index (χ1n) is 6.15. The largest absolute Gasteiger partial charge is 0.352 e. The molecule has 1 aliphatic carbocycles. The molecule has 0 atom stereocenters. The molecular formula is C14H14ClFN2O2. The molecule has 0 aliphatic heterocycles. The minimum absolute atomic E-state index is 0.0799. The summed E-state index contributed by atoms with van der Waals surface area (Å²) in [5, 5.41) is 5.13. The number of carbonyl (C=O) groups excluding carboxylic acids is 2. The molecular weight excluding hydrogens is 283 g/mol. The van der Waals surface area contributed by atoms with E-state index in [1.807, 2.05) is 0 Å². The summed E-state index contributed by atoms with van der Waals surface area (Å²) < 4.78 is 13.0. The number of amides is 2. The van der Waals surface area contributed by atoms with Crippen LogP contribution in [0, 0.1) is 11.2 Å². The summed E-state index contributed by atoms with van der Waals surface area (Å²) in [5.74, 6) is -1.28. The fourth-order valence-electron chi connectivity index (χ4n) is 1.84. The molecule has 106 valence electrons. The van der Waals surface area contributed by atoms with Gasteiger partial charge in [0.05, 0.1) is 5.02 Å². The molecule has 1 aromatic rings. The van der Waals surface area contributed by atoms with E-state index in [-0.39, 0.29) is 10.9 Å². The highest BCUT2D eigenvalue weighted by atomic mass is 35.5. The van der Waals surface area contributed by atoms with E-state index in [4.69, 9.17) is 11.6 Å². The van der Waals surface area contributed by atoms with Gasteiger partial charge in [0.25, 0.3) is 0 Å². The first-order chi connectivity index (χ1) is 9.49. The lowest BCUT2D eigenvalue weighted by molar-refractivity contribution is -0.134. The second-order valence-electron chi connectivity index (χ2n) is 4.66. The van der Waals surface area contributed by atoms with Crippen molar-refractivity contribution < 1.29 is 14.0 Å². The van der Waals surface area contributed by atoms with Crippen LogP contribution in [-0.2, 0) is 9.59 Å². The molecule has 1 aliphatic rings. The molecule has 0 radical (unpaired) electrons. The average Bonchev–Trinajstić information content (AvgIpc) is 3.22. The Balaban J connectivity index is 2.06.